The van der Waals surface area contributed by atoms with E-state index in [-0.39, 0.29) is 23.9 Å². The SMILES string of the molecule is CC(C)N(CC1OC[C@@](O)(n2cnc3c(N)ncnc32)[C@@H]1O)C1CC(CCc2nc3cc(C(C)(C)C)ccc3[nH]2)C1. The molecule has 2 aliphatic rings. The number of fused-ring (bicyclic) bond motifs is 2. The molecule has 4 aromatic rings. The quantitative estimate of drug-likeness (QED) is 0.254. The Morgan fingerprint density at radius 2 is 2.00 bits per heavy atom. The lowest BCUT2D eigenvalue weighted by Crippen LogP contribution is -2.54. The highest BCUT2D eigenvalue weighted by atomic mass is 16.5. The predicted molar refractivity (Wildman–Crippen MR) is 157 cm³/mol. The number of anilines is 1. The number of aliphatic hydroxyl groups excluding tert-OH is 1. The summed E-state index contributed by atoms with van der Waals surface area (Å²) >= 11 is 0. The van der Waals surface area contributed by atoms with Gasteiger partial charge in [-0.2, -0.15) is 0 Å². The molecule has 2 fully saturated rings. The average Bonchev–Trinajstić information content (AvgIpc) is 3.58. The number of ether oxygens (including phenoxy) is 1. The summed E-state index contributed by atoms with van der Waals surface area (Å²) in [4.78, 5) is 23.2. The van der Waals surface area contributed by atoms with Crippen molar-refractivity contribution >= 4 is 28.0 Å². The van der Waals surface area contributed by atoms with Crippen LogP contribution in [0.25, 0.3) is 22.2 Å². The van der Waals surface area contributed by atoms with Crippen LogP contribution in [0.2, 0.25) is 0 Å². The number of H-pyrrole nitrogens is 1. The number of aliphatic hydroxyl groups is 2. The van der Waals surface area contributed by atoms with E-state index in [9.17, 15) is 10.2 Å². The summed E-state index contributed by atoms with van der Waals surface area (Å²) in [6.07, 6.45) is 5.28. The molecule has 0 radical (unpaired) electrons. The number of nitrogens with two attached hydrogens (primary N) is 1. The summed E-state index contributed by atoms with van der Waals surface area (Å²) in [7, 11) is 0. The van der Waals surface area contributed by atoms with Crippen molar-refractivity contribution in [2.24, 2.45) is 5.92 Å². The van der Waals surface area contributed by atoms with E-state index in [0.717, 1.165) is 42.5 Å². The summed E-state index contributed by atoms with van der Waals surface area (Å²) in [6.45, 7) is 11.5. The largest absolute Gasteiger partial charge is 0.385 e. The molecule has 1 saturated heterocycles. The minimum Gasteiger partial charge on any atom is -0.385 e. The first-order valence-electron chi connectivity index (χ1n) is 14.6. The van der Waals surface area contributed by atoms with Crippen LogP contribution in [0.4, 0.5) is 5.82 Å². The van der Waals surface area contributed by atoms with Crippen molar-refractivity contribution in [3.8, 4) is 0 Å². The van der Waals surface area contributed by atoms with Crippen LogP contribution in [0, 0.1) is 5.92 Å². The molecule has 0 spiro atoms. The van der Waals surface area contributed by atoms with E-state index in [0.29, 0.717) is 29.7 Å². The van der Waals surface area contributed by atoms with Crippen LogP contribution in [-0.4, -0.2) is 82.0 Å². The van der Waals surface area contributed by atoms with Gasteiger partial charge in [0.2, 0.25) is 0 Å². The third-order valence-electron chi connectivity index (χ3n) is 9.04. The van der Waals surface area contributed by atoms with E-state index in [1.54, 1.807) is 0 Å². The molecule has 3 atom stereocenters. The van der Waals surface area contributed by atoms with Gasteiger partial charge in [0.1, 0.15) is 29.9 Å². The van der Waals surface area contributed by atoms with E-state index < -0.39 is 17.9 Å². The van der Waals surface area contributed by atoms with Crippen LogP contribution in [0.1, 0.15) is 65.3 Å². The maximum atomic E-state index is 11.5. The van der Waals surface area contributed by atoms with E-state index in [2.05, 4.69) is 77.7 Å². The highest BCUT2D eigenvalue weighted by Crippen LogP contribution is 2.38. The van der Waals surface area contributed by atoms with Gasteiger partial charge in [0.15, 0.2) is 17.2 Å². The summed E-state index contributed by atoms with van der Waals surface area (Å²) in [5.41, 5.74) is 8.52. The minimum absolute atomic E-state index is 0.0673. The first kappa shape index (κ1) is 28.0. The maximum absolute atomic E-state index is 11.5. The second kappa shape index (κ2) is 10.3. The van der Waals surface area contributed by atoms with Gasteiger partial charge in [0.25, 0.3) is 0 Å². The molecule has 11 nitrogen and oxygen atoms in total. The zero-order valence-corrected chi connectivity index (χ0v) is 24.6. The molecule has 1 aliphatic carbocycles. The third kappa shape index (κ3) is 5.09. The molecule has 0 bridgehead atoms. The zero-order valence-electron chi connectivity index (χ0n) is 24.6. The molecular formula is C30H42N8O3. The molecule has 1 saturated carbocycles. The molecule has 1 aromatic carbocycles. The summed E-state index contributed by atoms with van der Waals surface area (Å²) in [6, 6.07) is 7.23. The van der Waals surface area contributed by atoms with Gasteiger partial charge in [0.05, 0.1) is 24.0 Å². The van der Waals surface area contributed by atoms with Gasteiger partial charge in [-0.3, -0.25) is 9.47 Å². The van der Waals surface area contributed by atoms with Crippen molar-refractivity contribution in [2.75, 3.05) is 18.9 Å². The highest BCUT2D eigenvalue weighted by Gasteiger charge is 2.51. The molecule has 1 unspecified atom stereocenters. The number of aromatic nitrogens is 6. The molecule has 41 heavy (non-hydrogen) atoms. The lowest BCUT2D eigenvalue weighted by molar-refractivity contribution is -0.110. The lowest BCUT2D eigenvalue weighted by atomic mass is 9.76. The van der Waals surface area contributed by atoms with Crippen molar-refractivity contribution in [2.45, 2.75) is 95.7 Å². The standard InChI is InChI=1S/C30H42N8O3/c1-17(2)37(13-23-26(39)30(40,14-41-23)38-16-34-25-27(31)32-15-33-28(25)38)20-10-18(11-20)6-9-24-35-21-8-7-19(29(3,4)5)12-22(21)36-24/h7-8,12,15-18,20,23,26,39-40H,6,9-11,13-14H2,1-5H3,(H,35,36)(H2,31,32,33)/t18?,20?,23?,26-,30+/m1/s1. The fourth-order valence-corrected chi connectivity index (χ4v) is 6.39. The Labute approximate surface area is 240 Å². The fraction of sp³-hybridized carbons (Fsp3) is 0.600. The van der Waals surface area contributed by atoms with Gasteiger partial charge in [-0.25, -0.2) is 19.9 Å². The van der Waals surface area contributed by atoms with E-state index >= 15 is 0 Å². The fourth-order valence-electron chi connectivity index (χ4n) is 6.39. The number of nitrogen functional groups attached to an aromatic ring is 1. The number of hydrogen-bond donors (Lipinski definition) is 4. The maximum Gasteiger partial charge on any atom is 0.197 e. The van der Waals surface area contributed by atoms with Crippen molar-refractivity contribution < 1.29 is 14.9 Å². The Kier molecular flexibility index (Phi) is 7.04. The lowest BCUT2D eigenvalue weighted by Gasteiger charge is -2.46. The number of aromatic amines is 1. The molecule has 5 N–H and O–H groups in total. The highest BCUT2D eigenvalue weighted by molar-refractivity contribution is 5.81. The van der Waals surface area contributed by atoms with E-state index in [4.69, 9.17) is 15.5 Å². The molecule has 0 amide bonds. The Morgan fingerprint density at radius 3 is 2.73 bits per heavy atom. The van der Waals surface area contributed by atoms with Gasteiger partial charge < -0.3 is 25.7 Å². The molecule has 11 heteroatoms. The average molecular weight is 563 g/mol. The van der Waals surface area contributed by atoms with Crippen LogP contribution in [-0.2, 0) is 22.3 Å². The normalized spacial score (nSPS) is 27.0. The number of nitrogens with one attached hydrogen (secondary N) is 1. The van der Waals surface area contributed by atoms with Crippen LogP contribution in [0.15, 0.2) is 30.9 Å². The molecule has 6 rings (SSSR count). The Balaban J connectivity index is 1.06. The number of benzene rings is 1. The Hall–Kier alpha value is -3.12. The van der Waals surface area contributed by atoms with Gasteiger partial charge in [-0.05, 0) is 62.1 Å². The topological polar surface area (TPSA) is 151 Å². The zero-order chi connectivity index (χ0) is 29.1. The van der Waals surface area contributed by atoms with Crippen molar-refractivity contribution in [3.63, 3.8) is 0 Å². The van der Waals surface area contributed by atoms with E-state index in [1.165, 1.54) is 22.8 Å². The first-order chi connectivity index (χ1) is 19.4. The second-order valence-corrected chi connectivity index (χ2v) is 13.2. The smallest absolute Gasteiger partial charge is 0.197 e. The Morgan fingerprint density at radius 1 is 1.22 bits per heavy atom. The van der Waals surface area contributed by atoms with Gasteiger partial charge >= 0.3 is 0 Å². The van der Waals surface area contributed by atoms with Crippen LogP contribution < -0.4 is 5.73 Å². The number of imidazole rings is 2. The van der Waals surface area contributed by atoms with Gasteiger partial charge in [0, 0.05) is 25.0 Å². The predicted octanol–water partition coefficient (Wildman–Crippen LogP) is 3.11. The van der Waals surface area contributed by atoms with E-state index in [1.807, 2.05) is 0 Å². The minimum atomic E-state index is -1.69. The number of aryl methyl sites for hydroxylation is 1. The summed E-state index contributed by atoms with van der Waals surface area (Å²) < 4.78 is 7.45. The number of nitrogens with zero attached hydrogens (tertiary/aromatic N) is 6. The van der Waals surface area contributed by atoms with Crippen LogP contribution >= 0.6 is 0 Å². The van der Waals surface area contributed by atoms with Gasteiger partial charge in [-0.15, -0.1) is 0 Å². The summed E-state index contributed by atoms with van der Waals surface area (Å²) in [5, 5.41) is 22.7. The van der Waals surface area contributed by atoms with Gasteiger partial charge in [-0.1, -0.05) is 26.8 Å². The summed E-state index contributed by atoms with van der Waals surface area (Å²) in [5.74, 6) is 1.91. The van der Waals surface area contributed by atoms with Crippen LogP contribution in [0.3, 0.4) is 0 Å². The second-order valence-electron chi connectivity index (χ2n) is 13.2. The number of hydrogen-bond acceptors (Lipinski definition) is 9. The van der Waals surface area contributed by atoms with Crippen molar-refractivity contribution in [1.82, 2.24) is 34.4 Å². The molecule has 1 aliphatic heterocycles. The van der Waals surface area contributed by atoms with Crippen LogP contribution in [0.5, 0.6) is 0 Å². The molecule has 4 heterocycles. The molecule has 220 valence electrons. The Bertz CT molecular complexity index is 1540. The molecular weight excluding hydrogens is 520 g/mol. The van der Waals surface area contributed by atoms with Crippen molar-refractivity contribution in [3.05, 3.63) is 42.2 Å². The first-order valence-corrected chi connectivity index (χ1v) is 14.6. The monoisotopic (exact) mass is 562 g/mol. The number of rotatable bonds is 8. The van der Waals surface area contributed by atoms with Crippen molar-refractivity contribution in [1.29, 1.82) is 0 Å². The third-order valence-corrected chi connectivity index (χ3v) is 9.04. The molecule has 3 aromatic heterocycles.